The van der Waals surface area contributed by atoms with Crippen molar-refractivity contribution < 1.29 is 17.9 Å². The van der Waals surface area contributed by atoms with Gasteiger partial charge in [0.15, 0.2) is 0 Å². The van der Waals surface area contributed by atoms with Crippen LogP contribution >= 0.6 is 0 Å². The number of halogens is 3. The SMILES string of the molecule is CNCCCNC[C@H]1CC[C@@H]2[C@H](O1)c1cc(C(F)(F)F)ccc1N[C@H]2c1ccccc1. The fourth-order valence-electron chi connectivity index (χ4n) is 4.73. The molecule has 2 aliphatic heterocycles. The highest BCUT2D eigenvalue weighted by Gasteiger charge is 2.43. The largest absolute Gasteiger partial charge is 0.416 e. The molecule has 2 aromatic carbocycles. The molecule has 0 bridgehead atoms. The monoisotopic (exact) mass is 433 g/mol. The first-order chi connectivity index (χ1) is 15.0. The summed E-state index contributed by atoms with van der Waals surface area (Å²) in [6.07, 6.45) is -1.93. The Morgan fingerprint density at radius 1 is 1.06 bits per heavy atom. The molecule has 2 aromatic rings. The summed E-state index contributed by atoms with van der Waals surface area (Å²) in [6, 6.07) is 14.1. The van der Waals surface area contributed by atoms with E-state index in [1.165, 1.54) is 6.07 Å². The molecule has 1 fully saturated rings. The summed E-state index contributed by atoms with van der Waals surface area (Å²) in [5, 5.41) is 10.1. The van der Waals surface area contributed by atoms with Gasteiger partial charge in [-0.1, -0.05) is 30.3 Å². The molecule has 4 rings (SSSR count). The fraction of sp³-hybridized carbons (Fsp3) is 0.500. The van der Waals surface area contributed by atoms with E-state index in [-0.39, 0.29) is 24.2 Å². The van der Waals surface area contributed by atoms with E-state index in [0.717, 1.165) is 49.7 Å². The molecule has 7 heteroatoms. The Morgan fingerprint density at radius 3 is 2.61 bits per heavy atom. The lowest BCUT2D eigenvalue weighted by Gasteiger charge is -2.46. The third-order valence-corrected chi connectivity index (χ3v) is 6.29. The van der Waals surface area contributed by atoms with Crippen molar-refractivity contribution in [3.63, 3.8) is 0 Å². The van der Waals surface area contributed by atoms with E-state index in [9.17, 15) is 13.2 Å². The molecule has 4 atom stereocenters. The molecule has 0 aromatic heterocycles. The van der Waals surface area contributed by atoms with E-state index in [2.05, 4.69) is 28.1 Å². The average molecular weight is 434 g/mol. The molecule has 4 nitrogen and oxygen atoms in total. The van der Waals surface area contributed by atoms with Gasteiger partial charge in [0.25, 0.3) is 0 Å². The first-order valence-electron chi connectivity index (χ1n) is 11.0. The summed E-state index contributed by atoms with van der Waals surface area (Å²) < 4.78 is 46.6. The van der Waals surface area contributed by atoms with Gasteiger partial charge >= 0.3 is 6.18 Å². The zero-order valence-electron chi connectivity index (χ0n) is 17.7. The van der Waals surface area contributed by atoms with Crippen LogP contribution in [0.5, 0.6) is 0 Å². The first-order valence-corrected chi connectivity index (χ1v) is 11.0. The van der Waals surface area contributed by atoms with Crippen molar-refractivity contribution in [3.8, 4) is 0 Å². The normalized spacial score (nSPS) is 25.4. The topological polar surface area (TPSA) is 45.3 Å². The van der Waals surface area contributed by atoms with Crippen LogP contribution in [0.3, 0.4) is 0 Å². The minimum atomic E-state index is -4.37. The maximum absolute atomic E-state index is 13.4. The van der Waals surface area contributed by atoms with Gasteiger partial charge in [0, 0.05) is 23.7 Å². The minimum absolute atomic E-state index is 0.00671. The van der Waals surface area contributed by atoms with Gasteiger partial charge < -0.3 is 20.7 Å². The molecular weight excluding hydrogens is 403 g/mol. The zero-order valence-corrected chi connectivity index (χ0v) is 17.7. The van der Waals surface area contributed by atoms with Gasteiger partial charge in [-0.25, -0.2) is 0 Å². The molecule has 0 radical (unpaired) electrons. The molecular formula is C24H30F3N3O. The lowest BCUT2D eigenvalue weighted by molar-refractivity contribution is -0.138. The van der Waals surface area contributed by atoms with E-state index in [4.69, 9.17) is 4.74 Å². The Morgan fingerprint density at radius 2 is 1.87 bits per heavy atom. The second-order valence-corrected chi connectivity index (χ2v) is 8.41. The van der Waals surface area contributed by atoms with E-state index in [1.54, 1.807) is 6.07 Å². The standard InChI is InChI=1S/C24H30F3N3O/c1-28-12-5-13-29-15-18-9-10-19-22(16-6-3-2-4-7-16)30-21-11-8-17(24(25,26)27)14-20(21)23(19)31-18/h2-4,6-8,11,14,18-19,22-23,28-30H,5,9-10,12-13,15H2,1H3/t18-,19+,22+,23+/m1/s1. The molecule has 1 saturated heterocycles. The third-order valence-electron chi connectivity index (χ3n) is 6.29. The maximum atomic E-state index is 13.4. The second-order valence-electron chi connectivity index (χ2n) is 8.41. The third kappa shape index (κ3) is 5.05. The van der Waals surface area contributed by atoms with Gasteiger partial charge in [-0.2, -0.15) is 13.2 Å². The number of anilines is 1. The number of rotatable bonds is 7. The lowest BCUT2D eigenvalue weighted by Crippen LogP contribution is -2.42. The summed E-state index contributed by atoms with van der Waals surface area (Å²) in [4.78, 5) is 0. The predicted octanol–water partition coefficient (Wildman–Crippen LogP) is 4.91. The Bertz CT molecular complexity index is 859. The van der Waals surface area contributed by atoms with Gasteiger partial charge in [0.05, 0.1) is 23.8 Å². The number of nitrogens with one attached hydrogen (secondary N) is 3. The van der Waals surface area contributed by atoms with Crippen LogP contribution in [0.1, 0.15) is 48.1 Å². The Balaban J connectivity index is 1.58. The predicted molar refractivity (Wildman–Crippen MR) is 116 cm³/mol. The highest BCUT2D eigenvalue weighted by Crippen LogP contribution is 2.51. The number of hydrogen-bond donors (Lipinski definition) is 3. The van der Waals surface area contributed by atoms with Gasteiger partial charge in [0.2, 0.25) is 0 Å². The molecule has 0 spiro atoms. The molecule has 0 aliphatic carbocycles. The molecule has 168 valence electrons. The second kappa shape index (κ2) is 9.59. The van der Waals surface area contributed by atoms with Crippen LogP contribution in [0.4, 0.5) is 18.9 Å². The Hall–Kier alpha value is -2.09. The van der Waals surface area contributed by atoms with Crippen LogP contribution < -0.4 is 16.0 Å². The Kier molecular flexibility index (Phi) is 6.84. The van der Waals surface area contributed by atoms with Crippen LogP contribution in [-0.2, 0) is 10.9 Å². The smallest absolute Gasteiger partial charge is 0.378 e. The Labute approximate surface area is 181 Å². The molecule has 3 N–H and O–H groups in total. The van der Waals surface area contributed by atoms with Gasteiger partial charge in [-0.3, -0.25) is 0 Å². The minimum Gasteiger partial charge on any atom is -0.378 e. The summed E-state index contributed by atoms with van der Waals surface area (Å²) in [7, 11) is 1.93. The van der Waals surface area contributed by atoms with Gasteiger partial charge in [-0.05, 0) is 63.2 Å². The van der Waals surface area contributed by atoms with Crippen molar-refractivity contribution >= 4 is 5.69 Å². The average Bonchev–Trinajstić information content (AvgIpc) is 2.78. The summed E-state index contributed by atoms with van der Waals surface area (Å²) >= 11 is 0. The number of hydrogen-bond acceptors (Lipinski definition) is 4. The number of benzene rings is 2. The van der Waals surface area contributed by atoms with Crippen molar-refractivity contribution in [1.29, 1.82) is 0 Å². The molecule has 2 heterocycles. The van der Waals surface area contributed by atoms with Crippen LogP contribution in [0, 0.1) is 5.92 Å². The molecule has 2 aliphatic rings. The lowest BCUT2D eigenvalue weighted by atomic mass is 9.76. The van der Waals surface area contributed by atoms with Crippen molar-refractivity contribution in [1.82, 2.24) is 10.6 Å². The number of alkyl halides is 3. The van der Waals surface area contributed by atoms with Crippen LogP contribution in [0.15, 0.2) is 48.5 Å². The number of fused-ring (bicyclic) bond motifs is 3. The van der Waals surface area contributed by atoms with Crippen molar-refractivity contribution in [3.05, 3.63) is 65.2 Å². The highest BCUT2D eigenvalue weighted by atomic mass is 19.4. The van der Waals surface area contributed by atoms with Crippen molar-refractivity contribution in [2.45, 2.75) is 43.7 Å². The van der Waals surface area contributed by atoms with Gasteiger partial charge in [0.1, 0.15) is 0 Å². The van der Waals surface area contributed by atoms with E-state index in [1.807, 2.05) is 25.2 Å². The van der Waals surface area contributed by atoms with Crippen LogP contribution in [-0.4, -0.2) is 32.8 Å². The fourth-order valence-corrected chi connectivity index (χ4v) is 4.73. The molecule has 0 amide bonds. The first kappa shape index (κ1) is 22.1. The highest BCUT2D eigenvalue weighted by molar-refractivity contribution is 5.58. The molecule has 31 heavy (non-hydrogen) atoms. The van der Waals surface area contributed by atoms with Crippen molar-refractivity contribution in [2.75, 3.05) is 32.0 Å². The summed E-state index contributed by atoms with van der Waals surface area (Å²) in [5.41, 5.74) is 1.86. The molecule has 0 saturated carbocycles. The zero-order chi connectivity index (χ0) is 21.8. The summed E-state index contributed by atoms with van der Waals surface area (Å²) in [5.74, 6) is 0.0823. The van der Waals surface area contributed by atoms with Crippen molar-refractivity contribution in [2.24, 2.45) is 5.92 Å². The maximum Gasteiger partial charge on any atom is 0.416 e. The quantitative estimate of drug-likeness (QED) is 0.543. The van der Waals surface area contributed by atoms with E-state index < -0.39 is 11.7 Å². The summed E-state index contributed by atoms with van der Waals surface area (Å²) in [6.45, 7) is 2.55. The van der Waals surface area contributed by atoms with Crippen LogP contribution in [0.25, 0.3) is 0 Å². The van der Waals surface area contributed by atoms with Gasteiger partial charge in [-0.15, -0.1) is 0 Å². The van der Waals surface area contributed by atoms with Crippen LogP contribution in [0.2, 0.25) is 0 Å². The van der Waals surface area contributed by atoms with E-state index >= 15 is 0 Å². The molecule has 0 unspecified atom stereocenters. The van der Waals surface area contributed by atoms with E-state index in [0.29, 0.717) is 12.1 Å². The number of ether oxygens (including phenoxy) is 1.